The molecule has 1 heterocycles. The molecule has 0 aromatic heterocycles. The Balaban J connectivity index is 2.43. The number of nitrogens with one attached hydrogen (secondary N) is 1. The second kappa shape index (κ2) is 6.41. The fourth-order valence-electron chi connectivity index (χ4n) is 2.67. The van der Waals surface area contributed by atoms with E-state index in [2.05, 4.69) is 0 Å². The van der Waals surface area contributed by atoms with Crippen LogP contribution in [0.4, 0.5) is 18.0 Å². The minimum Gasteiger partial charge on any atom is -0.465 e. The van der Waals surface area contributed by atoms with Crippen LogP contribution >= 0.6 is 11.6 Å². The van der Waals surface area contributed by atoms with Gasteiger partial charge in [-0.15, -0.1) is 0 Å². The zero-order valence-corrected chi connectivity index (χ0v) is 13.9. The highest BCUT2D eigenvalue weighted by Crippen LogP contribution is 2.35. The van der Waals surface area contributed by atoms with Crippen molar-refractivity contribution in [1.29, 1.82) is 0 Å². The molecule has 11 heteroatoms. The Hall–Kier alpha value is -1.52. The first-order valence-electron chi connectivity index (χ1n) is 6.70. The highest BCUT2D eigenvalue weighted by atomic mass is 35.5. The maximum atomic E-state index is 14.1. The van der Waals surface area contributed by atoms with Crippen molar-refractivity contribution in [1.82, 2.24) is 9.62 Å². The average molecular weight is 387 g/mol. The zero-order chi connectivity index (χ0) is 18.3. The van der Waals surface area contributed by atoms with E-state index < -0.39 is 52.9 Å². The first-order chi connectivity index (χ1) is 10.9. The Morgan fingerprint density at radius 3 is 2.67 bits per heavy atom. The molecule has 1 aromatic carbocycles. The van der Waals surface area contributed by atoms with Crippen molar-refractivity contribution >= 4 is 27.7 Å². The minimum absolute atomic E-state index is 0.0863. The van der Waals surface area contributed by atoms with Crippen LogP contribution in [0.1, 0.15) is 5.56 Å². The van der Waals surface area contributed by atoms with Crippen LogP contribution in [0.5, 0.6) is 0 Å². The van der Waals surface area contributed by atoms with Gasteiger partial charge in [0.15, 0.2) is 0 Å². The van der Waals surface area contributed by atoms with Crippen LogP contribution in [-0.4, -0.2) is 55.3 Å². The maximum absolute atomic E-state index is 14.1. The molecule has 1 saturated heterocycles. The van der Waals surface area contributed by atoms with Crippen molar-refractivity contribution in [3.05, 3.63) is 34.6 Å². The lowest BCUT2D eigenvalue weighted by atomic mass is 9.99. The number of nitrogens with zero attached hydrogens (tertiary/aromatic N) is 1. The van der Waals surface area contributed by atoms with Crippen LogP contribution in [0.25, 0.3) is 0 Å². The first-order valence-corrected chi connectivity index (χ1v) is 8.97. The molecule has 2 rings (SSSR count). The SMILES string of the molecule is CS(=O)(=O)N[C@@H]1[C@H](Cc2cccc(Cl)c2F)N(C(=O)O)CC1(F)F. The van der Waals surface area contributed by atoms with Crippen LogP contribution < -0.4 is 4.72 Å². The number of hydrogen-bond acceptors (Lipinski definition) is 3. The molecule has 1 fully saturated rings. The Morgan fingerprint density at radius 2 is 2.12 bits per heavy atom. The number of halogens is 4. The third-order valence-electron chi connectivity index (χ3n) is 3.67. The summed E-state index contributed by atoms with van der Waals surface area (Å²) < 4.78 is 66.8. The second-order valence-electron chi connectivity index (χ2n) is 5.52. The van der Waals surface area contributed by atoms with Gasteiger partial charge < -0.3 is 5.11 Å². The van der Waals surface area contributed by atoms with Crippen molar-refractivity contribution < 1.29 is 31.5 Å². The lowest BCUT2D eigenvalue weighted by molar-refractivity contribution is -0.00560. The molecule has 2 N–H and O–H groups in total. The van der Waals surface area contributed by atoms with Gasteiger partial charge in [0, 0.05) is 0 Å². The Bertz CT molecular complexity index is 760. The molecule has 0 unspecified atom stereocenters. The molecular formula is C13H14ClF3N2O4S. The third kappa shape index (κ3) is 3.93. The smallest absolute Gasteiger partial charge is 0.407 e. The molecule has 0 aliphatic carbocycles. The largest absolute Gasteiger partial charge is 0.465 e. The highest BCUT2D eigenvalue weighted by Gasteiger charge is 2.57. The van der Waals surface area contributed by atoms with Crippen LogP contribution in [0.15, 0.2) is 18.2 Å². The van der Waals surface area contributed by atoms with E-state index in [0.717, 1.165) is 0 Å². The molecule has 0 radical (unpaired) electrons. The van der Waals surface area contributed by atoms with E-state index in [1.54, 1.807) is 4.72 Å². The van der Waals surface area contributed by atoms with E-state index in [0.29, 0.717) is 11.2 Å². The summed E-state index contributed by atoms with van der Waals surface area (Å²) in [5, 5.41) is 8.89. The zero-order valence-electron chi connectivity index (χ0n) is 12.3. The van der Waals surface area contributed by atoms with E-state index in [1.165, 1.54) is 18.2 Å². The van der Waals surface area contributed by atoms with E-state index >= 15 is 0 Å². The summed E-state index contributed by atoms with van der Waals surface area (Å²) in [6, 6.07) is 0.417. The van der Waals surface area contributed by atoms with Gasteiger partial charge in [-0.05, 0) is 18.1 Å². The lowest BCUT2D eigenvalue weighted by Gasteiger charge is -2.26. The van der Waals surface area contributed by atoms with Crippen molar-refractivity contribution in [2.45, 2.75) is 24.4 Å². The van der Waals surface area contributed by atoms with Crippen LogP contribution in [0.3, 0.4) is 0 Å². The summed E-state index contributed by atoms with van der Waals surface area (Å²) in [6.07, 6.45) is -1.43. The molecule has 1 aliphatic rings. The topological polar surface area (TPSA) is 86.7 Å². The molecule has 1 aromatic rings. The number of benzene rings is 1. The number of hydrogen-bond donors (Lipinski definition) is 2. The van der Waals surface area contributed by atoms with E-state index in [1.807, 2.05) is 0 Å². The number of likely N-dealkylation sites (tertiary alicyclic amines) is 1. The van der Waals surface area contributed by atoms with E-state index in [-0.39, 0.29) is 10.6 Å². The second-order valence-corrected chi connectivity index (χ2v) is 7.71. The quantitative estimate of drug-likeness (QED) is 0.828. The summed E-state index contributed by atoms with van der Waals surface area (Å²) >= 11 is 5.63. The molecule has 1 amide bonds. The van der Waals surface area contributed by atoms with Crippen molar-refractivity contribution in [2.24, 2.45) is 0 Å². The van der Waals surface area contributed by atoms with Crippen LogP contribution in [0.2, 0.25) is 5.02 Å². The van der Waals surface area contributed by atoms with Crippen molar-refractivity contribution in [3.8, 4) is 0 Å². The predicted molar refractivity (Wildman–Crippen MR) is 80.3 cm³/mol. The standard InChI is InChI=1S/C13H14ClF3N2O4S/c1-24(22,23)18-11-9(19(12(20)21)6-13(11,16)17)5-7-3-2-4-8(14)10(7)15/h2-4,9,11,18H,5-6H2,1H3,(H,20,21)/t9-,11+/m0/s1. The molecule has 2 atom stereocenters. The Labute approximate surface area is 141 Å². The average Bonchev–Trinajstić information content (AvgIpc) is 2.66. The molecule has 0 saturated carbocycles. The molecule has 1 aliphatic heterocycles. The summed E-state index contributed by atoms with van der Waals surface area (Å²) in [5.74, 6) is -4.50. The van der Waals surface area contributed by atoms with E-state index in [4.69, 9.17) is 16.7 Å². The number of carbonyl (C=O) groups is 1. The van der Waals surface area contributed by atoms with E-state index in [9.17, 15) is 26.4 Å². The normalized spacial score (nSPS) is 23.5. The fraction of sp³-hybridized carbons (Fsp3) is 0.462. The van der Waals surface area contributed by atoms with Gasteiger partial charge in [-0.3, -0.25) is 4.90 Å². The number of alkyl halides is 2. The maximum Gasteiger partial charge on any atom is 0.407 e. The predicted octanol–water partition coefficient (Wildman–Crippen LogP) is 1.94. The first kappa shape index (κ1) is 18.8. The number of rotatable bonds is 4. The van der Waals surface area contributed by atoms with Crippen molar-refractivity contribution in [2.75, 3.05) is 12.8 Å². The molecular weight excluding hydrogens is 373 g/mol. The van der Waals surface area contributed by atoms with Gasteiger partial charge in [-0.1, -0.05) is 23.7 Å². The molecule has 24 heavy (non-hydrogen) atoms. The van der Waals surface area contributed by atoms with Gasteiger partial charge in [-0.2, -0.15) is 0 Å². The number of amides is 1. The summed E-state index contributed by atoms with van der Waals surface area (Å²) in [4.78, 5) is 11.7. The molecule has 6 nitrogen and oxygen atoms in total. The Morgan fingerprint density at radius 1 is 1.50 bits per heavy atom. The van der Waals surface area contributed by atoms with Crippen molar-refractivity contribution in [3.63, 3.8) is 0 Å². The van der Waals surface area contributed by atoms with Gasteiger partial charge in [0.05, 0.1) is 23.9 Å². The fourth-order valence-corrected chi connectivity index (χ4v) is 3.65. The summed E-state index contributed by atoms with van der Waals surface area (Å²) in [6.45, 7) is -1.19. The third-order valence-corrected chi connectivity index (χ3v) is 4.64. The van der Waals surface area contributed by atoms with Gasteiger partial charge >= 0.3 is 6.09 Å². The lowest BCUT2D eigenvalue weighted by Crippen LogP contribution is -2.52. The summed E-state index contributed by atoms with van der Waals surface area (Å²) in [5.41, 5.74) is -0.0863. The Kier molecular flexibility index (Phi) is 5.03. The van der Waals surface area contributed by atoms with Gasteiger partial charge in [-0.25, -0.2) is 31.1 Å². The molecule has 0 spiro atoms. The number of sulfonamides is 1. The van der Waals surface area contributed by atoms with Crippen LogP contribution in [-0.2, 0) is 16.4 Å². The molecule has 134 valence electrons. The monoisotopic (exact) mass is 386 g/mol. The summed E-state index contributed by atoms with van der Waals surface area (Å²) in [7, 11) is -4.04. The van der Waals surface area contributed by atoms with Gasteiger partial charge in [0.1, 0.15) is 11.9 Å². The van der Waals surface area contributed by atoms with Gasteiger partial charge in [0.2, 0.25) is 10.0 Å². The molecule has 0 bridgehead atoms. The highest BCUT2D eigenvalue weighted by molar-refractivity contribution is 7.88. The van der Waals surface area contributed by atoms with Gasteiger partial charge in [0.25, 0.3) is 5.92 Å². The van der Waals surface area contributed by atoms with Crippen LogP contribution in [0, 0.1) is 5.82 Å². The number of carboxylic acid groups (broad SMARTS) is 1. The minimum atomic E-state index is -4.04.